The third-order valence-corrected chi connectivity index (χ3v) is 2.75. The minimum atomic E-state index is -4.66. The average molecular weight is 301 g/mol. The highest BCUT2D eigenvalue weighted by Gasteiger charge is 2.31. The van der Waals surface area contributed by atoms with Crippen LogP contribution in [0.15, 0.2) is 36.4 Å². The summed E-state index contributed by atoms with van der Waals surface area (Å²) in [6, 6.07) is 4.20. The van der Waals surface area contributed by atoms with Crippen LogP contribution in [0, 0.1) is 11.6 Å². The van der Waals surface area contributed by atoms with Crippen molar-refractivity contribution in [1.82, 2.24) is 0 Å². The average Bonchev–Trinajstić information content (AvgIpc) is 2.36. The summed E-state index contributed by atoms with van der Waals surface area (Å²) in [5, 5.41) is 0. The van der Waals surface area contributed by atoms with Gasteiger partial charge in [0, 0.05) is 22.9 Å². The Kier molecular flexibility index (Phi) is 3.67. The predicted molar refractivity (Wildman–Crippen MR) is 65.6 cm³/mol. The SMILES string of the molecule is Nc1ccc(C(F)(F)F)cc1C(=O)c1cc(F)cc(F)c1. The van der Waals surface area contributed by atoms with Crippen molar-refractivity contribution in [2.45, 2.75) is 6.18 Å². The van der Waals surface area contributed by atoms with E-state index in [-0.39, 0.29) is 5.69 Å². The van der Waals surface area contributed by atoms with Gasteiger partial charge in [0.2, 0.25) is 0 Å². The van der Waals surface area contributed by atoms with E-state index in [2.05, 4.69) is 0 Å². The van der Waals surface area contributed by atoms with Gasteiger partial charge in [-0.05, 0) is 30.3 Å². The van der Waals surface area contributed by atoms with Crippen molar-refractivity contribution < 1.29 is 26.7 Å². The van der Waals surface area contributed by atoms with Gasteiger partial charge in [-0.1, -0.05) is 0 Å². The summed E-state index contributed by atoms with van der Waals surface area (Å²) >= 11 is 0. The Morgan fingerprint density at radius 3 is 2.05 bits per heavy atom. The molecule has 0 fully saturated rings. The molecule has 110 valence electrons. The molecule has 0 unspecified atom stereocenters. The normalized spacial score (nSPS) is 11.5. The smallest absolute Gasteiger partial charge is 0.398 e. The molecule has 7 heteroatoms. The summed E-state index contributed by atoms with van der Waals surface area (Å²) < 4.78 is 64.0. The molecular weight excluding hydrogens is 293 g/mol. The summed E-state index contributed by atoms with van der Waals surface area (Å²) in [6.07, 6.45) is -4.66. The number of hydrogen-bond acceptors (Lipinski definition) is 2. The van der Waals surface area contributed by atoms with Crippen molar-refractivity contribution >= 4 is 11.5 Å². The Hall–Kier alpha value is -2.44. The number of nitrogens with two attached hydrogens (primary N) is 1. The van der Waals surface area contributed by atoms with Crippen LogP contribution < -0.4 is 5.73 Å². The Balaban J connectivity index is 2.52. The van der Waals surface area contributed by atoms with Crippen LogP contribution in [0.2, 0.25) is 0 Å². The number of halogens is 5. The van der Waals surface area contributed by atoms with Gasteiger partial charge in [-0.3, -0.25) is 4.79 Å². The summed E-state index contributed by atoms with van der Waals surface area (Å²) in [5.41, 5.74) is 3.31. The first-order valence-electron chi connectivity index (χ1n) is 5.66. The quantitative estimate of drug-likeness (QED) is 0.521. The summed E-state index contributed by atoms with van der Waals surface area (Å²) in [7, 11) is 0. The fraction of sp³-hybridized carbons (Fsp3) is 0.0714. The molecule has 2 rings (SSSR count). The fourth-order valence-electron chi connectivity index (χ4n) is 1.77. The molecule has 0 aliphatic heterocycles. The second-order valence-corrected chi connectivity index (χ2v) is 4.29. The molecule has 0 aliphatic carbocycles. The third kappa shape index (κ3) is 3.18. The van der Waals surface area contributed by atoms with Crippen LogP contribution in [-0.4, -0.2) is 5.78 Å². The van der Waals surface area contributed by atoms with E-state index in [9.17, 15) is 26.7 Å². The minimum Gasteiger partial charge on any atom is -0.398 e. The van der Waals surface area contributed by atoms with Gasteiger partial charge < -0.3 is 5.73 Å². The number of benzene rings is 2. The molecule has 0 aromatic heterocycles. The molecule has 0 atom stereocenters. The monoisotopic (exact) mass is 301 g/mol. The van der Waals surface area contributed by atoms with Crippen LogP contribution in [-0.2, 0) is 6.18 Å². The van der Waals surface area contributed by atoms with E-state index in [1.54, 1.807) is 0 Å². The van der Waals surface area contributed by atoms with E-state index in [0.717, 1.165) is 24.3 Å². The number of carbonyl (C=O) groups is 1. The molecule has 21 heavy (non-hydrogen) atoms. The maximum absolute atomic E-state index is 13.1. The van der Waals surface area contributed by atoms with Gasteiger partial charge in [0.05, 0.1) is 5.56 Å². The molecule has 2 N–H and O–H groups in total. The van der Waals surface area contributed by atoms with Crippen LogP contribution in [0.3, 0.4) is 0 Å². The van der Waals surface area contributed by atoms with Crippen molar-refractivity contribution in [2.75, 3.05) is 5.73 Å². The number of carbonyl (C=O) groups excluding carboxylic acids is 1. The van der Waals surface area contributed by atoms with Gasteiger partial charge in [0.25, 0.3) is 0 Å². The van der Waals surface area contributed by atoms with Crippen molar-refractivity contribution in [3.63, 3.8) is 0 Å². The zero-order chi connectivity index (χ0) is 15.8. The zero-order valence-electron chi connectivity index (χ0n) is 10.3. The van der Waals surface area contributed by atoms with Gasteiger partial charge in [0.1, 0.15) is 11.6 Å². The Morgan fingerprint density at radius 2 is 1.52 bits per heavy atom. The maximum atomic E-state index is 13.1. The van der Waals surface area contributed by atoms with Crippen molar-refractivity contribution in [1.29, 1.82) is 0 Å². The van der Waals surface area contributed by atoms with Gasteiger partial charge in [0.15, 0.2) is 5.78 Å². The number of hydrogen-bond donors (Lipinski definition) is 1. The highest BCUT2D eigenvalue weighted by atomic mass is 19.4. The van der Waals surface area contributed by atoms with E-state index >= 15 is 0 Å². The van der Waals surface area contributed by atoms with E-state index in [0.29, 0.717) is 12.1 Å². The standard InChI is InChI=1S/C14H8F5NO/c15-9-3-7(4-10(16)6-9)13(21)11-5-8(14(17,18)19)1-2-12(11)20/h1-6H,20H2. The molecule has 2 nitrogen and oxygen atoms in total. The molecule has 0 bridgehead atoms. The summed E-state index contributed by atoms with van der Waals surface area (Å²) in [4.78, 5) is 12.1. The number of nitrogen functional groups attached to an aromatic ring is 1. The number of rotatable bonds is 2. The number of ketones is 1. The predicted octanol–water partition coefficient (Wildman–Crippen LogP) is 3.80. The van der Waals surface area contributed by atoms with E-state index in [1.165, 1.54) is 0 Å². The zero-order valence-corrected chi connectivity index (χ0v) is 10.3. The van der Waals surface area contributed by atoms with Crippen LogP contribution in [0.25, 0.3) is 0 Å². The number of alkyl halides is 3. The maximum Gasteiger partial charge on any atom is 0.416 e. The topological polar surface area (TPSA) is 43.1 Å². The van der Waals surface area contributed by atoms with Crippen LogP contribution in [0.1, 0.15) is 21.5 Å². The second-order valence-electron chi connectivity index (χ2n) is 4.29. The molecule has 2 aromatic rings. The first kappa shape index (κ1) is 15.0. The van der Waals surface area contributed by atoms with Crippen molar-refractivity contribution in [3.05, 3.63) is 64.7 Å². The van der Waals surface area contributed by atoms with Gasteiger partial charge in [-0.15, -0.1) is 0 Å². The van der Waals surface area contributed by atoms with E-state index in [4.69, 9.17) is 5.73 Å². The largest absolute Gasteiger partial charge is 0.416 e. The first-order valence-corrected chi connectivity index (χ1v) is 5.66. The molecule has 0 saturated carbocycles. The lowest BCUT2D eigenvalue weighted by molar-refractivity contribution is -0.137. The molecule has 0 aliphatic rings. The first-order chi connectivity index (χ1) is 9.68. The lowest BCUT2D eigenvalue weighted by Gasteiger charge is -2.10. The molecule has 0 spiro atoms. The van der Waals surface area contributed by atoms with Gasteiger partial charge in [-0.25, -0.2) is 8.78 Å². The molecule has 0 radical (unpaired) electrons. The van der Waals surface area contributed by atoms with Gasteiger partial charge >= 0.3 is 6.18 Å². The van der Waals surface area contributed by atoms with Crippen LogP contribution >= 0.6 is 0 Å². The highest BCUT2D eigenvalue weighted by Crippen LogP contribution is 2.32. The molecule has 0 heterocycles. The Morgan fingerprint density at radius 1 is 0.952 bits per heavy atom. The Labute approximate surface area is 116 Å². The molecule has 0 amide bonds. The van der Waals surface area contributed by atoms with E-state index < -0.39 is 40.3 Å². The lowest BCUT2D eigenvalue weighted by atomic mass is 9.99. The Bertz CT molecular complexity index is 689. The lowest BCUT2D eigenvalue weighted by Crippen LogP contribution is -2.11. The number of anilines is 1. The minimum absolute atomic E-state index is 0.210. The van der Waals surface area contributed by atoms with Crippen molar-refractivity contribution in [2.24, 2.45) is 0 Å². The van der Waals surface area contributed by atoms with Crippen molar-refractivity contribution in [3.8, 4) is 0 Å². The second kappa shape index (κ2) is 5.16. The van der Waals surface area contributed by atoms with E-state index in [1.807, 2.05) is 0 Å². The molecular formula is C14H8F5NO. The van der Waals surface area contributed by atoms with Gasteiger partial charge in [-0.2, -0.15) is 13.2 Å². The highest BCUT2D eigenvalue weighted by molar-refractivity contribution is 6.12. The van der Waals surface area contributed by atoms with Crippen LogP contribution in [0.4, 0.5) is 27.6 Å². The van der Waals surface area contributed by atoms with Crippen LogP contribution in [0.5, 0.6) is 0 Å². The third-order valence-electron chi connectivity index (χ3n) is 2.75. The molecule has 2 aromatic carbocycles. The fourth-order valence-corrected chi connectivity index (χ4v) is 1.77. The molecule has 0 saturated heterocycles. The summed E-state index contributed by atoms with van der Waals surface area (Å²) in [6.45, 7) is 0. The summed E-state index contributed by atoms with van der Waals surface area (Å²) in [5.74, 6) is -3.01.